The minimum absolute atomic E-state index is 0.0740. The number of amides is 1. The molecule has 0 spiro atoms. The maximum atomic E-state index is 13.3. The molecule has 3 nitrogen and oxygen atoms in total. The van der Waals surface area contributed by atoms with Gasteiger partial charge in [-0.1, -0.05) is 0 Å². The lowest BCUT2D eigenvalue weighted by molar-refractivity contribution is 0.00536. The third-order valence-electron chi connectivity index (χ3n) is 3.30. The summed E-state index contributed by atoms with van der Waals surface area (Å²) < 4.78 is 18.0. The van der Waals surface area contributed by atoms with Gasteiger partial charge in [-0.15, -0.1) is 0 Å². The molecule has 0 aromatic heterocycles. The van der Waals surface area contributed by atoms with E-state index in [0.717, 1.165) is 19.3 Å². The molecule has 2 unspecified atom stereocenters. The molecule has 2 aliphatic heterocycles. The maximum absolute atomic E-state index is 13.3. The van der Waals surface area contributed by atoms with E-state index in [-0.39, 0.29) is 18.2 Å². The number of halogens is 1. The smallest absolute Gasteiger partial charge is 0.409 e. The van der Waals surface area contributed by atoms with Gasteiger partial charge in [-0.2, -0.15) is 0 Å². The van der Waals surface area contributed by atoms with Crippen molar-refractivity contribution >= 4 is 6.09 Å². The molecule has 2 heterocycles. The average molecular weight is 201 g/mol. The second kappa shape index (κ2) is 3.75. The average Bonchev–Trinajstić information content (AvgIpc) is 2.15. The summed E-state index contributed by atoms with van der Waals surface area (Å²) in [7, 11) is 1.39. The summed E-state index contributed by atoms with van der Waals surface area (Å²) in [4.78, 5) is 13.2. The molecule has 14 heavy (non-hydrogen) atoms. The minimum atomic E-state index is -0.730. The van der Waals surface area contributed by atoms with E-state index < -0.39 is 6.17 Å². The van der Waals surface area contributed by atoms with E-state index in [4.69, 9.17) is 4.74 Å². The standard InChI is InChI=1S/C10H16FNO2/c1-14-10(13)12-8-3-2-4-9(12)6-7(11)5-8/h7-9H,2-6H2,1H3. The molecule has 2 fully saturated rings. The number of carbonyl (C=O) groups is 1. The summed E-state index contributed by atoms with van der Waals surface area (Å²) in [5, 5.41) is 0. The molecule has 0 aromatic carbocycles. The molecule has 2 bridgehead atoms. The summed E-state index contributed by atoms with van der Waals surface area (Å²) in [6, 6.07) is 0.148. The van der Waals surface area contributed by atoms with E-state index >= 15 is 0 Å². The van der Waals surface area contributed by atoms with Crippen molar-refractivity contribution in [3.63, 3.8) is 0 Å². The Hall–Kier alpha value is -0.800. The zero-order valence-electron chi connectivity index (χ0n) is 8.41. The molecule has 0 radical (unpaired) electrons. The van der Waals surface area contributed by atoms with Crippen LogP contribution in [-0.4, -0.2) is 36.4 Å². The number of carbonyl (C=O) groups excluding carboxylic acids is 1. The van der Waals surface area contributed by atoms with Crippen molar-refractivity contribution in [2.75, 3.05) is 7.11 Å². The highest BCUT2D eigenvalue weighted by molar-refractivity contribution is 5.68. The fourth-order valence-electron chi connectivity index (χ4n) is 2.72. The first kappa shape index (κ1) is 9.74. The summed E-state index contributed by atoms with van der Waals surface area (Å²) in [5.41, 5.74) is 0. The number of piperidine rings is 2. The van der Waals surface area contributed by atoms with Gasteiger partial charge in [0.05, 0.1) is 7.11 Å². The van der Waals surface area contributed by atoms with Crippen LogP contribution in [0.5, 0.6) is 0 Å². The number of fused-ring (bicyclic) bond motifs is 2. The molecule has 2 aliphatic rings. The van der Waals surface area contributed by atoms with Crippen LogP contribution in [0.25, 0.3) is 0 Å². The fraction of sp³-hybridized carbons (Fsp3) is 0.900. The molecule has 2 saturated heterocycles. The maximum Gasteiger partial charge on any atom is 0.409 e. The van der Waals surface area contributed by atoms with Gasteiger partial charge in [0.25, 0.3) is 0 Å². The Bertz CT molecular complexity index is 220. The van der Waals surface area contributed by atoms with Crippen molar-refractivity contribution in [2.45, 2.75) is 50.4 Å². The van der Waals surface area contributed by atoms with E-state index in [1.807, 2.05) is 0 Å². The quantitative estimate of drug-likeness (QED) is 0.600. The Kier molecular flexibility index (Phi) is 2.61. The van der Waals surface area contributed by atoms with Crippen LogP contribution in [0.15, 0.2) is 0 Å². The molecule has 2 atom stereocenters. The van der Waals surface area contributed by atoms with Gasteiger partial charge < -0.3 is 9.64 Å². The van der Waals surface area contributed by atoms with Crippen LogP contribution in [0.3, 0.4) is 0 Å². The Labute approximate surface area is 83.2 Å². The van der Waals surface area contributed by atoms with E-state index in [2.05, 4.69) is 0 Å². The molecule has 0 saturated carbocycles. The topological polar surface area (TPSA) is 29.5 Å². The highest BCUT2D eigenvalue weighted by Gasteiger charge is 2.41. The summed E-state index contributed by atoms with van der Waals surface area (Å²) in [6.45, 7) is 0. The van der Waals surface area contributed by atoms with Gasteiger partial charge in [0.2, 0.25) is 0 Å². The zero-order chi connectivity index (χ0) is 10.1. The van der Waals surface area contributed by atoms with Crippen LogP contribution in [0.4, 0.5) is 9.18 Å². The second-order valence-corrected chi connectivity index (χ2v) is 4.18. The van der Waals surface area contributed by atoms with E-state index in [1.165, 1.54) is 7.11 Å². The van der Waals surface area contributed by atoms with Gasteiger partial charge in [0.1, 0.15) is 6.17 Å². The van der Waals surface area contributed by atoms with Gasteiger partial charge in [-0.25, -0.2) is 9.18 Å². The molecule has 0 aromatic rings. The Morgan fingerprint density at radius 2 is 1.93 bits per heavy atom. The number of hydrogen-bond donors (Lipinski definition) is 0. The highest BCUT2D eigenvalue weighted by atomic mass is 19.1. The second-order valence-electron chi connectivity index (χ2n) is 4.18. The largest absolute Gasteiger partial charge is 0.453 e. The van der Waals surface area contributed by atoms with Crippen LogP contribution in [-0.2, 0) is 4.74 Å². The third-order valence-corrected chi connectivity index (χ3v) is 3.30. The zero-order valence-corrected chi connectivity index (χ0v) is 8.41. The number of methoxy groups -OCH3 is 1. The number of nitrogens with zero attached hydrogens (tertiary/aromatic N) is 1. The van der Waals surface area contributed by atoms with Gasteiger partial charge in [-0.05, 0) is 32.1 Å². The van der Waals surface area contributed by atoms with Gasteiger partial charge in [-0.3, -0.25) is 0 Å². The van der Waals surface area contributed by atoms with Crippen LogP contribution in [0.1, 0.15) is 32.1 Å². The van der Waals surface area contributed by atoms with Crippen molar-refractivity contribution in [1.82, 2.24) is 4.90 Å². The number of alkyl halides is 1. The van der Waals surface area contributed by atoms with Crippen molar-refractivity contribution in [2.24, 2.45) is 0 Å². The van der Waals surface area contributed by atoms with Crippen LogP contribution in [0.2, 0.25) is 0 Å². The predicted octanol–water partition coefficient (Wildman–Crippen LogP) is 2.11. The molecule has 1 amide bonds. The summed E-state index contributed by atoms with van der Waals surface area (Å²) >= 11 is 0. The first-order valence-electron chi connectivity index (χ1n) is 5.22. The lowest BCUT2D eigenvalue weighted by Gasteiger charge is -2.46. The van der Waals surface area contributed by atoms with E-state index in [9.17, 15) is 9.18 Å². The highest BCUT2D eigenvalue weighted by Crippen LogP contribution is 2.35. The number of ether oxygens (including phenoxy) is 1. The first-order chi connectivity index (χ1) is 6.72. The monoisotopic (exact) mass is 201 g/mol. The Balaban J connectivity index is 2.12. The van der Waals surface area contributed by atoms with Crippen LogP contribution >= 0.6 is 0 Å². The number of rotatable bonds is 0. The first-order valence-corrected chi connectivity index (χ1v) is 5.22. The molecule has 0 aliphatic carbocycles. The normalized spacial score (nSPS) is 36.7. The van der Waals surface area contributed by atoms with Crippen molar-refractivity contribution in [1.29, 1.82) is 0 Å². The molecule has 0 N–H and O–H groups in total. The van der Waals surface area contributed by atoms with Crippen LogP contribution < -0.4 is 0 Å². The molecule has 2 rings (SSSR count). The molecule has 80 valence electrons. The van der Waals surface area contributed by atoms with Gasteiger partial charge in [0.15, 0.2) is 0 Å². The third kappa shape index (κ3) is 1.57. The number of hydrogen-bond acceptors (Lipinski definition) is 2. The van der Waals surface area contributed by atoms with Crippen molar-refractivity contribution in [3.05, 3.63) is 0 Å². The minimum Gasteiger partial charge on any atom is -0.453 e. The summed E-state index contributed by atoms with van der Waals surface area (Å²) in [5.74, 6) is 0. The van der Waals surface area contributed by atoms with Crippen molar-refractivity contribution < 1.29 is 13.9 Å². The molecule has 4 heteroatoms. The SMILES string of the molecule is COC(=O)N1C2CCCC1CC(F)C2. The molecular weight excluding hydrogens is 185 g/mol. The van der Waals surface area contributed by atoms with Gasteiger partial charge in [0, 0.05) is 12.1 Å². The Morgan fingerprint density at radius 1 is 1.36 bits per heavy atom. The van der Waals surface area contributed by atoms with E-state index in [1.54, 1.807) is 4.90 Å². The summed E-state index contributed by atoms with van der Waals surface area (Å²) in [6.07, 6.45) is 2.92. The molecular formula is C10H16FNO2. The van der Waals surface area contributed by atoms with Gasteiger partial charge >= 0.3 is 6.09 Å². The fourth-order valence-corrected chi connectivity index (χ4v) is 2.72. The lowest BCUT2D eigenvalue weighted by Crippen LogP contribution is -2.55. The lowest BCUT2D eigenvalue weighted by atomic mass is 9.84. The van der Waals surface area contributed by atoms with Crippen molar-refractivity contribution in [3.8, 4) is 0 Å². The van der Waals surface area contributed by atoms with E-state index in [0.29, 0.717) is 12.8 Å². The van der Waals surface area contributed by atoms with Crippen LogP contribution in [0, 0.1) is 0 Å². The Morgan fingerprint density at radius 3 is 2.43 bits per heavy atom. The predicted molar refractivity (Wildman–Crippen MR) is 49.8 cm³/mol.